The summed E-state index contributed by atoms with van der Waals surface area (Å²) in [6.07, 6.45) is 0.0212. The first-order valence-corrected chi connectivity index (χ1v) is 12.4. The minimum atomic E-state index is -1.22. The molecule has 204 valence electrons. The van der Waals surface area contributed by atoms with Crippen molar-refractivity contribution in [1.82, 2.24) is 14.7 Å². The molecule has 0 fully saturated rings. The van der Waals surface area contributed by atoms with Crippen LogP contribution in [0.5, 0.6) is 0 Å². The summed E-state index contributed by atoms with van der Waals surface area (Å²) in [5.41, 5.74) is 4.00. The van der Waals surface area contributed by atoms with Crippen molar-refractivity contribution in [1.29, 1.82) is 0 Å². The molecule has 0 bridgehead atoms. The van der Waals surface area contributed by atoms with E-state index in [1.54, 1.807) is 30.2 Å². The molecule has 1 amide bonds. The molecule has 0 saturated carbocycles. The third-order valence-electron chi connectivity index (χ3n) is 6.23. The van der Waals surface area contributed by atoms with Crippen LogP contribution in [0, 0.1) is 12.7 Å². The normalized spacial score (nSPS) is 12.8. The molecule has 0 saturated heterocycles. The zero-order chi connectivity index (χ0) is 28.0. The van der Waals surface area contributed by atoms with Crippen LogP contribution < -0.4 is 0 Å². The number of hydrogen-bond acceptors (Lipinski definition) is 5. The van der Waals surface area contributed by atoms with Gasteiger partial charge in [0.1, 0.15) is 5.82 Å². The predicted molar refractivity (Wildman–Crippen MR) is 150 cm³/mol. The summed E-state index contributed by atoms with van der Waals surface area (Å²) in [5.74, 6) is -2.00. The standard InChI is InChI=1S/C29H34FN3O5.Na.H/c1-18(2)27-25(14-13-23(34)15-24(35)16-26(36)37)33(22-11-9-21(30)10-12-22)31-28(27)29(38)32(4)17-20-8-6-5-7-19(20)3;;/h5-14,18,23-24,34-35H,15-17H2,1-4H3,(H,36,37);;/b14-13+;;/t23-,24+;;/m0../s1. The summed E-state index contributed by atoms with van der Waals surface area (Å²) in [6, 6.07) is 13.5. The van der Waals surface area contributed by atoms with Gasteiger partial charge in [-0.05, 0) is 54.3 Å². The van der Waals surface area contributed by atoms with E-state index in [0.29, 0.717) is 23.5 Å². The predicted octanol–water partition coefficient (Wildman–Crippen LogP) is 3.67. The van der Waals surface area contributed by atoms with Crippen molar-refractivity contribution < 1.29 is 29.3 Å². The van der Waals surface area contributed by atoms with E-state index < -0.39 is 30.4 Å². The van der Waals surface area contributed by atoms with Crippen molar-refractivity contribution >= 4 is 47.5 Å². The number of amides is 1. The zero-order valence-corrected chi connectivity index (χ0v) is 22.0. The molecule has 0 aliphatic heterocycles. The number of nitrogens with zero attached hydrogens (tertiary/aromatic N) is 3. The van der Waals surface area contributed by atoms with Gasteiger partial charge in [0, 0.05) is 25.6 Å². The first kappa shape index (κ1) is 32.4. The van der Waals surface area contributed by atoms with Gasteiger partial charge < -0.3 is 20.2 Å². The molecule has 1 aromatic heterocycles. The van der Waals surface area contributed by atoms with Crippen LogP contribution in [0.2, 0.25) is 0 Å². The first-order valence-electron chi connectivity index (χ1n) is 12.4. The molecule has 1 heterocycles. The van der Waals surface area contributed by atoms with Gasteiger partial charge in [0.05, 0.1) is 30.0 Å². The number of carboxylic acids is 1. The van der Waals surface area contributed by atoms with E-state index in [4.69, 9.17) is 5.11 Å². The van der Waals surface area contributed by atoms with Gasteiger partial charge in [-0.1, -0.05) is 44.2 Å². The fraction of sp³-hybridized carbons (Fsp3) is 0.345. The Morgan fingerprint density at radius 2 is 1.74 bits per heavy atom. The Balaban J connectivity index is 0.00000533. The Labute approximate surface area is 250 Å². The van der Waals surface area contributed by atoms with Crippen LogP contribution in [0.15, 0.2) is 54.6 Å². The van der Waals surface area contributed by atoms with Crippen LogP contribution in [0.25, 0.3) is 11.8 Å². The number of carbonyl (C=O) groups is 2. The van der Waals surface area contributed by atoms with Gasteiger partial charge in [-0.15, -0.1) is 0 Å². The fourth-order valence-corrected chi connectivity index (χ4v) is 4.25. The van der Waals surface area contributed by atoms with Gasteiger partial charge in [0.15, 0.2) is 5.69 Å². The van der Waals surface area contributed by atoms with Crippen molar-refractivity contribution in [2.24, 2.45) is 0 Å². The van der Waals surface area contributed by atoms with E-state index >= 15 is 0 Å². The molecule has 8 nitrogen and oxygen atoms in total. The SMILES string of the molecule is Cc1ccccc1CN(C)C(=O)c1nn(-c2ccc(F)cc2)c(/C=C/[C@H](O)C[C@@H](O)CC(=O)O)c1C(C)C.[NaH]. The summed E-state index contributed by atoms with van der Waals surface area (Å²) in [7, 11) is 1.71. The molecule has 39 heavy (non-hydrogen) atoms. The molecule has 3 rings (SSSR count). The molecule has 2 aromatic carbocycles. The zero-order valence-electron chi connectivity index (χ0n) is 22.0. The molecule has 0 radical (unpaired) electrons. The van der Waals surface area contributed by atoms with Crippen LogP contribution in [0.1, 0.15) is 65.5 Å². The summed E-state index contributed by atoms with van der Waals surface area (Å²) in [6.45, 7) is 6.22. The maximum absolute atomic E-state index is 13.7. The monoisotopic (exact) mass is 547 g/mol. The van der Waals surface area contributed by atoms with Crippen LogP contribution in [0.4, 0.5) is 4.39 Å². The van der Waals surface area contributed by atoms with Gasteiger partial charge in [-0.3, -0.25) is 9.59 Å². The second-order valence-corrected chi connectivity index (χ2v) is 9.69. The van der Waals surface area contributed by atoms with Crippen LogP contribution in [0.3, 0.4) is 0 Å². The van der Waals surface area contributed by atoms with Gasteiger partial charge in [0.25, 0.3) is 5.91 Å². The molecule has 0 spiro atoms. The number of benzene rings is 2. The number of aliphatic hydroxyl groups is 2. The molecule has 2 atom stereocenters. The van der Waals surface area contributed by atoms with Crippen LogP contribution in [-0.4, -0.2) is 90.7 Å². The quantitative estimate of drug-likeness (QED) is 0.316. The summed E-state index contributed by atoms with van der Waals surface area (Å²) in [4.78, 5) is 26.1. The minimum absolute atomic E-state index is 0. The Hall–Kier alpha value is -2.82. The Morgan fingerprint density at radius 3 is 2.33 bits per heavy atom. The summed E-state index contributed by atoms with van der Waals surface area (Å²) < 4.78 is 15.2. The molecule has 3 aromatic rings. The number of carboxylic acid groups (broad SMARTS) is 1. The number of aromatic nitrogens is 2. The summed E-state index contributed by atoms with van der Waals surface area (Å²) >= 11 is 0. The average Bonchev–Trinajstić information content (AvgIpc) is 3.23. The van der Waals surface area contributed by atoms with Crippen LogP contribution in [-0.2, 0) is 11.3 Å². The van der Waals surface area contributed by atoms with E-state index in [-0.39, 0.29) is 53.5 Å². The topological polar surface area (TPSA) is 116 Å². The van der Waals surface area contributed by atoms with Crippen molar-refractivity contribution in [2.75, 3.05) is 7.05 Å². The van der Waals surface area contributed by atoms with Crippen molar-refractivity contribution in [2.45, 2.75) is 58.3 Å². The number of carbonyl (C=O) groups excluding carboxylic acids is 1. The van der Waals surface area contributed by atoms with Gasteiger partial charge >= 0.3 is 35.5 Å². The molecule has 10 heteroatoms. The van der Waals surface area contributed by atoms with Gasteiger partial charge in [-0.2, -0.15) is 5.10 Å². The number of rotatable bonds is 11. The Kier molecular flexibility index (Phi) is 12.1. The van der Waals surface area contributed by atoms with Crippen molar-refractivity contribution in [3.05, 3.63) is 88.5 Å². The number of hydrogen-bond donors (Lipinski definition) is 3. The van der Waals surface area contributed by atoms with Crippen molar-refractivity contribution in [3.63, 3.8) is 0 Å². The molecule has 0 aliphatic rings. The average molecular weight is 548 g/mol. The summed E-state index contributed by atoms with van der Waals surface area (Å²) in [5, 5.41) is 33.8. The molecule has 0 unspecified atom stereocenters. The van der Waals surface area contributed by atoms with Gasteiger partial charge in [0.2, 0.25) is 0 Å². The molecule has 3 N–H and O–H groups in total. The van der Waals surface area contributed by atoms with Gasteiger partial charge in [-0.25, -0.2) is 9.07 Å². The fourth-order valence-electron chi connectivity index (χ4n) is 4.25. The first-order chi connectivity index (χ1) is 18.0. The van der Waals surface area contributed by atoms with Crippen molar-refractivity contribution in [3.8, 4) is 5.69 Å². The molecular weight excluding hydrogens is 512 g/mol. The molecular formula is C29H35FN3NaO5. The van der Waals surface area contributed by atoms with Crippen LogP contribution >= 0.6 is 0 Å². The van der Waals surface area contributed by atoms with E-state index in [1.807, 2.05) is 45.0 Å². The van der Waals surface area contributed by atoms with E-state index in [2.05, 4.69) is 5.10 Å². The van der Waals surface area contributed by atoms with E-state index in [1.165, 1.54) is 22.9 Å². The third kappa shape index (κ3) is 8.58. The second kappa shape index (κ2) is 14.5. The van der Waals surface area contributed by atoms with E-state index in [0.717, 1.165) is 11.1 Å². The number of aryl methyl sites for hydroxylation is 1. The molecule has 0 aliphatic carbocycles. The Bertz CT molecular complexity index is 1310. The van der Waals surface area contributed by atoms with E-state index in [9.17, 15) is 24.2 Å². The number of aliphatic carboxylic acids is 1. The maximum atomic E-state index is 13.7. The Morgan fingerprint density at radius 1 is 1.10 bits per heavy atom. The second-order valence-electron chi connectivity index (χ2n) is 9.69. The number of aliphatic hydroxyl groups excluding tert-OH is 2. The third-order valence-corrected chi connectivity index (χ3v) is 6.23. The number of halogens is 1.